The average Bonchev–Trinajstić information content (AvgIpc) is 2.18. The molecule has 0 spiro atoms. The molecule has 1 atom stereocenters. The van der Waals surface area contributed by atoms with Gasteiger partial charge in [0, 0.05) is 24.4 Å². The van der Waals surface area contributed by atoms with Crippen LogP contribution in [0.15, 0.2) is 12.3 Å². The Morgan fingerprint density at radius 2 is 2.14 bits per heavy atom. The van der Waals surface area contributed by atoms with E-state index in [1.54, 1.807) is 0 Å². The quantitative estimate of drug-likeness (QED) is 0.794. The van der Waals surface area contributed by atoms with Crippen molar-refractivity contribution in [1.29, 1.82) is 0 Å². The molecule has 0 amide bonds. The molecule has 0 bridgehead atoms. The van der Waals surface area contributed by atoms with Gasteiger partial charge in [0.15, 0.2) is 0 Å². The summed E-state index contributed by atoms with van der Waals surface area (Å²) >= 11 is 0. The summed E-state index contributed by atoms with van der Waals surface area (Å²) in [6.07, 6.45) is 3.56. The first-order valence-electron chi connectivity index (χ1n) is 5.20. The second-order valence-electron chi connectivity index (χ2n) is 3.92. The van der Waals surface area contributed by atoms with Crippen molar-refractivity contribution in [3.8, 4) is 0 Å². The lowest BCUT2D eigenvalue weighted by Crippen LogP contribution is -2.22. The summed E-state index contributed by atoms with van der Waals surface area (Å²) in [5.74, 6) is 1.32. The van der Waals surface area contributed by atoms with Gasteiger partial charge in [-0.3, -0.25) is 0 Å². The van der Waals surface area contributed by atoms with Crippen molar-refractivity contribution in [2.24, 2.45) is 5.73 Å². The lowest BCUT2D eigenvalue weighted by molar-refractivity contribution is 0.619. The van der Waals surface area contributed by atoms with Gasteiger partial charge in [0.2, 0.25) is 0 Å². The molecule has 0 radical (unpaired) electrons. The molecule has 14 heavy (non-hydrogen) atoms. The maximum atomic E-state index is 5.85. The Bertz CT molecular complexity index is 284. The largest absolute Gasteiger partial charge is 0.327 e. The summed E-state index contributed by atoms with van der Waals surface area (Å²) in [4.78, 5) is 8.69. The Morgan fingerprint density at radius 1 is 1.43 bits per heavy atom. The monoisotopic (exact) mass is 193 g/mol. The first-order valence-corrected chi connectivity index (χ1v) is 5.20. The number of rotatable bonds is 4. The van der Waals surface area contributed by atoms with Crippen molar-refractivity contribution in [2.75, 3.05) is 0 Å². The molecule has 0 aliphatic rings. The minimum absolute atomic E-state index is 0.178. The fourth-order valence-electron chi connectivity index (χ4n) is 1.21. The van der Waals surface area contributed by atoms with Crippen LogP contribution in [0.5, 0.6) is 0 Å². The van der Waals surface area contributed by atoms with E-state index in [9.17, 15) is 0 Å². The lowest BCUT2D eigenvalue weighted by atomic mass is 10.1. The van der Waals surface area contributed by atoms with Crippen molar-refractivity contribution in [2.45, 2.75) is 45.6 Å². The van der Waals surface area contributed by atoms with E-state index in [1.807, 2.05) is 12.3 Å². The van der Waals surface area contributed by atoms with Crippen LogP contribution in [0, 0.1) is 0 Å². The number of aromatic nitrogens is 2. The molecule has 0 aromatic carbocycles. The fraction of sp³-hybridized carbons (Fsp3) is 0.636. The van der Waals surface area contributed by atoms with Crippen LogP contribution in [0.25, 0.3) is 0 Å². The van der Waals surface area contributed by atoms with Gasteiger partial charge < -0.3 is 5.73 Å². The molecule has 0 aliphatic carbocycles. The third-order valence-corrected chi connectivity index (χ3v) is 2.29. The predicted octanol–water partition coefficient (Wildman–Crippen LogP) is 1.88. The maximum Gasteiger partial charge on any atom is 0.130 e. The second-order valence-corrected chi connectivity index (χ2v) is 3.92. The molecule has 3 nitrogen and oxygen atoms in total. The maximum absolute atomic E-state index is 5.85. The summed E-state index contributed by atoms with van der Waals surface area (Å²) in [6, 6.07) is 2.14. The molecule has 78 valence electrons. The fourth-order valence-corrected chi connectivity index (χ4v) is 1.21. The van der Waals surface area contributed by atoms with Crippen molar-refractivity contribution in [3.05, 3.63) is 23.8 Å². The minimum atomic E-state index is 0.178. The van der Waals surface area contributed by atoms with Crippen molar-refractivity contribution >= 4 is 0 Å². The molecule has 2 N–H and O–H groups in total. The van der Waals surface area contributed by atoms with E-state index in [2.05, 4.69) is 30.7 Å². The highest BCUT2D eigenvalue weighted by Crippen LogP contribution is 2.10. The summed E-state index contributed by atoms with van der Waals surface area (Å²) < 4.78 is 0. The van der Waals surface area contributed by atoms with E-state index in [1.165, 1.54) is 0 Å². The molecule has 1 unspecified atom stereocenters. The molecule has 0 fully saturated rings. The van der Waals surface area contributed by atoms with Crippen LogP contribution in [-0.2, 0) is 6.42 Å². The van der Waals surface area contributed by atoms with Gasteiger partial charge in [-0.1, -0.05) is 20.8 Å². The van der Waals surface area contributed by atoms with Gasteiger partial charge in [-0.05, 0) is 18.4 Å². The Kier molecular flexibility index (Phi) is 4.01. The van der Waals surface area contributed by atoms with Gasteiger partial charge in [-0.25, -0.2) is 9.97 Å². The molecule has 1 aromatic rings. The predicted molar refractivity (Wildman–Crippen MR) is 58.1 cm³/mol. The highest BCUT2D eigenvalue weighted by Gasteiger charge is 2.06. The molecule has 0 saturated heterocycles. The summed E-state index contributed by atoms with van der Waals surface area (Å²) in [5.41, 5.74) is 6.95. The number of hydrogen-bond acceptors (Lipinski definition) is 3. The van der Waals surface area contributed by atoms with E-state index in [4.69, 9.17) is 5.73 Å². The smallest absolute Gasteiger partial charge is 0.130 e. The third kappa shape index (κ3) is 3.07. The van der Waals surface area contributed by atoms with Crippen LogP contribution in [0.2, 0.25) is 0 Å². The standard InChI is InChI=1S/C11H19N3/c1-4-9(12)7-11-13-6-5-10(14-11)8(2)3/h5-6,8-9H,4,7,12H2,1-3H3. The molecule has 0 aliphatic heterocycles. The van der Waals surface area contributed by atoms with Crippen LogP contribution in [-0.4, -0.2) is 16.0 Å². The van der Waals surface area contributed by atoms with E-state index < -0.39 is 0 Å². The van der Waals surface area contributed by atoms with Crippen LogP contribution in [0.4, 0.5) is 0 Å². The Hall–Kier alpha value is -0.960. The van der Waals surface area contributed by atoms with E-state index in [0.29, 0.717) is 5.92 Å². The molecule has 3 heteroatoms. The zero-order valence-electron chi connectivity index (χ0n) is 9.20. The first-order chi connectivity index (χ1) is 6.63. The zero-order valence-corrected chi connectivity index (χ0v) is 9.20. The van der Waals surface area contributed by atoms with Crippen molar-refractivity contribution < 1.29 is 0 Å². The topological polar surface area (TPSA) is 51.8 Å². The van der Waals surface area contributed by atoms with Crippen LogP contribution >= 0.6 is 0 Å². The number of nitrogens with two attached hydrogens (primary N) is 1. The summed E-state index contributed by atoms with van der Waals surface area (Å²) in [5, 5.41) is 0. The van der Waals surface area contributed by atoms with Gasteiger partial charge in [0.05, 0.1) is 0 Å². The highest BCUT2D eigenvalue weighted by molar-refractivity contribution is 5.07. The highest BCUT2D eigenvalue weighted by atomic mass is 14.9. The number of nitrogens with zero attached hydrogens (tertiary/aromatic N) is 2. The van der Waals surface area contributed by atoms with Crippen LogP contribution in [0.3, 0.4) is 0 Å². The van der Waals surface area contributed by atoms with Crippen molar-refractivity contribution in [3.63, 3.8) is 0 Å². The number of hydrogen-bond donors (Lipinski definition) is 1. The van der Waals surface area contributed by atoms with E-state index in [-0.39, 0.29) is 6.04 Å². The first kappa shape index (κ1) is 11.1. The van der Waals surface area contributed by atoms with Gasteiger partial charge in [-0.15, -0.1) is 0 Å². The van der Waals surface area contributed by atoms with E-state index >= 15 is 0 Å². The summed E-state index contributed by atoms with van der Waals surface area (Å²) in [7, 11) is 0. The molecular weight excluding hydrogens is 174 g/mol. The molecule has 0 saturated carbocycles. The zero-order chi connectivity index (χ0) is 10.6. The van der Waals surface area contributed by atoms with E-state index in [0.717, 1.165) is 24.4 Å². The molecular formula is C11H19N3. The van der Waals surface area contributed by atoms with Gasteiger partial charge in [0.25, 0.3) is 0 Å². The second kappa shape index (κ2) is 5.05. The average molecular weight is 193 g/mol. The Morgan fingerprint density at radius 3 is 2.71 bits per heavy atom. The molecule has 1 heterocycles. The van der Waals surface area contributed by atoms with Gasteiger partial charge in [-0.2, -0.15) is 0 Å². The summed E-state index contributed by atoms with van der Waals surface area (Å²) in [6.45, 7) is 6.34. The molecule has 1 aromatic heterocycles. The third-order valence-electron chi connectivity index (χ3n) is 2.29. The lowest BCUT2D eigenvalue weighted by Gasteiger charge is -2.09. The Balaban J connectivity index is 2.73. The van der Waals surface area contributed by atoms with Crippen molar-refractivity contribution in [1.82, 2.24) is 9.97 Å². The minimum Gasteiger partial charge on any atom is -0.327 e. The van der Waals surface area contributed by atoms with Crippen LogP contribution < -0.4 is 5.73 Å². The van der Waals surface area contributed by atoms with Crippen LogP contribution in [0.1, 0.15) is 44.6 Å². The van der Waals surface area contributed by atoms with Gasteiger partial charge >= 0.3 is 0 Å². The SMILES string of the molecule is CCC(N)Cc1nccc(C(C)C)n1. The Labute approximate surface area is 85.8 Å². The molecule has 1 rings (SSSR count). The van der Waals surface area contributed by atoms with Gasteiger partial charge in [0.1, 0.15) is 5.82 Å². The normalized spacial score (nSPS) is 13.2.